The molecule has 0 aliphatic heterocycles. The first-order chi connectivity index (χ1) is 42.0. The van der Waals surface area contributed by atoms with Gasteiger partial charge in [-0.1, -0.05) is 48.2 Å². The summed E-state index contributed by atoms with van der Waals surface area (Å²) in [5, 5.41) is 27.5. The highest BCUT2D eigenvalue weighted by atomic mass is 32.2. The van der Waals surface area contributed by atoms with Crippen LogP contribution in [0, 0.1) is 13.8 Å². The summed E-state index contributed by atoms with van der Waals surface area (Å²) >= 11 is 5.44. The van der Waals surface area contributed by atoms with Crippen molar-refractivity contribution in [2.45, 2.75) is 67.1 Å². The van der Waals surface area contributed by atoms with Gasteiger partial charge < -0.3 is 29.9 Å². The Morgan fingerprint density at radius 3 is 1.41 bits per heavy atom. The average Bonchev–Trinajstić information content (AvgIpc) is 2.19. The minimum absolute atomic E-state index is 0.00997. The summed E-state index contributed by atoms with van der Waals surface area (Å²) in [6.07, 6.45) is 0. The summed E-state index contributed by atoms with van der Waals surface area (Å²) in [4.78, 5) is 19.0. The molecule has 0 amide bonds. The van der Waals surface area contributed by atoms with Gasteiger partial charge in [-0.2, -0.15) is 57.7 Å². The summed E-state index contributed by atoms with van der Waals surface area (Å²) in [7, 11) is -10.6. The van der Waals surface area contributed by atoms with Crippen molar-refractivity contribution in [2.24, 2.45) is 20.5 Å². The number of azo groups is 2. The van der Waals surface area contributed by atoms with Gasteiger partial charge in [0.2, 0.25) is 11.9 Å². The molecule has 10 aromatic rings. The molecule has 34 heteroatoms. The number of methoxy groups -OCH3 is 2. The molecule has 5 heterocycles. The lowest BCUT2D eigenvalue weighted by molar-refractivity contribution is 0.414. The first kappa shape index (κ1) is 63.3. The van der Waals surface area contributed by atoms with E-state index in [-0.39, 0.29) is 48.9 Å². The van der Waals surface area contributed by atoms with Crippen LogP contribution >= 0.6 is 57.9 Å². The number of ether oxygens (including phenoxy) is 2. The summed E-state index contributed by atoms with van der Waals surface area (Å²) < 4.78 is 134. The van der Waals surface area contributed by atoms with Crippen LogP contribution in [-0.4, -0.2) is 112 Å². The molecule has 0 spiro atoms. The van der Waals surface area contributed by atoms with Gasteiger partial charge in [0.1, 0.15) is 22.9 Å². The van der Waals surface area contributed by atoms with Crippen LogP contribution in [0.4, 0.5) is 56.0 Å². The zero-order valence-corrected chi connectivity index (χ0v) is 54.3. The Balaban J connectivity index is 1.09. The van der Waals surface area contributed by atoms with E-state index < -0.39 is 30.4 Å². The number of benzene rings is 5. The van der Waals surface area contributed by atoms with E-state index in [9.17, 15) is 38.9 Å². The number of nitrogens with one attached hydrogen (secondary N) is 2. The van der Waals surface area contributed by atoms with Gasteiger partial charge in [0.25, 0.3) is 30.4 Å². The summed E-state index contributed by atoms with van der Waals surface area (Å²) in [6.45, 7) is 13.5. The molecule has 10 rings (SSSR count). The van der Waals surface area contributed by atoms with Crippen molar-refractivity contribution < 1.29 is 48.4 Å². The number of aryl methyl sites for hydroxylation is 2. The predicted octanol–water partition coefficient (Wildman–Crippen LogP) is 14.0. The van der Waals surface area contributed by atoms with Crippen molar-refractivity contribution in [3.8, 4) is 34.0 Å². The molecule has 5 aromatic carbocycles. The van der Waals surface area contributed by atoms with Crippen molar-refractivity contribution in [3.63, 3.8) is 0 Å². The first-order valence-electron chi connectivity index (χ1n) is 26.5. The highest BCUT2D eigenvalue weighted by Gasteiger charge is 2.25. The van der Waals surface area contributed by atoms with E-state index in [2.05, 4.69) is 37.9 Å². The van der Waals surface area contributed by atoms with Crippen molar-refractivity contribution in [1.82, 2.24) is 32.4 Å². The standard InChI is InChI=1S/C54H53N15O11S8/c1-9-68(10-2)38-23-34(36(25-40(38)79-7)60-62-48-44-46(64-84-50(44)66-82-48)31-18-16-28(5)42(21-31)87(73,74)75)55-52-57-53(59-54(58-52)81-27-30-14-13-15-33(20-30)86(70,71)72)56-35-24-39(69(11-3)12-4)41(80-8)26-37(35)61-63-49-45-47(65-85-51(45)67-83-49)32-19-17-29(6)43(22-32)88(76,77)78/h13-26H,9-12,27H2,1-8H3,(H,70,71,72)(H,73,74,75)(H,76,77,78)(H2,55,56,57,58,59). The molecule has 5 aromatic heterocycles. The molecule has 0 aliphatic carbocycles. The Morgan fingerprint density at radius 2 is 1.00 bits per heavy atom. The third-order valence-corrected chi connectivity index (χ3v) is 20.6. The van der Waals surface area contributed by atoms with Crippen LogP contribution in [0.3, 0.4) is 0 Å². The van der Waals surface area contributed by atoms with Crippen LogP contribution in [0.25, 0.3) is 42.9 Å². The second-order valence-electron chi connectivity index (χ2n) is 19.1. The molecule has 0 radical (unpaired) electrons. The first-order valence-corrected chi connectivity index (χ1v) is 34.9. The molecule has 0 saturated heterocycles. The Kier molecular flexibility index (Phi) is 18.8. The van der Waals surface area contributed by atoms with Gasteiger partial charge in [-0.15, -0.1) is 20.5 Å². The lowest BCUT2D eigenvalue weighted by atomic mass is 10.1. The second-order valence-corrected chi connectivity index (χ2v) is 27.2. The largest absolute Gasteiger partial charge is 0.494 e. The topological polar surface area (TPSA) is 352 Å². The Morgan fingerprint density at radius 1 is 0.545 bits per heavy atom. The van der Waals surface area contributed by atoms with Crippen LogP contribution in [-0.2, 0) is 36.1 Å². The number of hydrogen-bond acceptors (Lipinski definition) is 28. The monoisotopic (exact) mass is 1340 g/mol. The van der Waals surface area contributed by atoms with Gasteiger partial charge in [0.05, 0.1) is 73.8 Å². The zero-order valence-electron chi connectivity index (χ0n) is 47.8. The molecule has 0 atom stereocenters. The van der Waals surface area contributed by atoms with E-state index in [1.165, 1.54) is 44.6 Å². The quantitative estimate of drug-likeness (QED) is 0.0213. The Labute approximate surface area is 525 Å². The van der Waals surface area contributed by atoms with Crippen molar-refractivity contribution >= 4 is 165 Å². The Hall–Kier alpha value is -7.77. The molecule has 88 heavy (non-hydrogen) atoms. The van der Waals surface area contributed by atoms with Crippen LogP contribution in [0.5, 0.6) is 11.5 Å². The van der Waals surface area contributed by atoms with Crippen LogP contribution < -0.4 is 29.9 Å². The number of thioether (sulfide) groups is 1. The minimum atomic E-state index is -4.56. The van der Waals surface area contributed by atoms with E-state index in [1.54, 1.807) is 56.3 Å². The molecular weight excluding hydrogens is 1290 g/mol. The van der Waals surface area contributed by atoms with Gasteiger partial charge in [0.15, 0.2) is 24.8 Å². The smallest absolute Gasteiger partial charge is 0.294 e. The van der Waals surface area contributed by atoms with Crippen LogP contribution in [0.1, 0.15) is 44.4 Å². The molecule has 5 N–H and O–H groups in total. The maximum atomic E-state index is 12.3. The van der Waals surface area contributed by atoms with Gasteiger partial charge in [0, 0.05) is 55.2 Å². The SMILES string of the molecule is CCN(CC)c1cc(Nc2nc(Nc3cc(N(CC)CC)c(OC)cc3N=Nc3snc4snc(-c5ccc(C)c(S(=O)(=O)O)c5)c34)nc(SCc3cccc(S(=O)(=O)O)c3)n2)c(N=Nc2snc3snc(-c4ccc(C)c(S(=O)(=O)O)c4)c23)cc1OC. The summed E-state index contributed by atoms with van der Waals surface area (Å²) in [6, 6.07) is 22.1. The van der Waals surface area contributed by atoms with Gasteiger partial charge in [-0.05, 0) is 141 Å². The maximum absolute atomic E-state index is 12.3. The molecule has 0 unspecified atom stereocenters. The van der Waals surface area contributed by atoms with Crippen molar-refractivity contribution in [3.05, 3.63) is 102 Å². The van der Waals surface area contributed by atoms with E-state index in [1.807, 2.05) is 39.8 Å². The van der Waals surface area contributed by atoms with Crippen LogP contribution in [0.2, 0.25) is 0 Å². The van der Waals surface area contributed by atoms with Gasteiger partial charge >= 0.3 is 0 Å². The number of aromatic nitrogens is 7. The molecular formula is C54H53N15O11S8. The molecule has 0 aliphatic rings. The van der Waals surface area contributed by atoms with Crippen molar-refractivity contribution in [2.75, 3.05) is 60.8 Å². The number of anilines is 6. The fraction of sp³-hybridized carbons (Fsp3) is 0.241. The van der Waals surface area contributed by atoms with E-state index in [4.69, 9.17) is 44.9 Å². The molecule has 0 saturated carbocycles. The number of rotatable bonds is 24. The van der Waals surface area contributed by atoms with Gasteiger partial charge in [-0.3, -0.25) is 13.7 Å². The lowest BCUT2D eigenvalue weighted by Gasteiger charge is -2.25. The molecule has 0 fully saturated rings. The molecule has 458 valence electrons. The summed E-state index contributed by atoms with van der Waals surface area (Å²) in [5.41, 5.74) is 5.45. The van der Waals surface area contributed by atoms with E-state index in [0.29, 0.717) is 130 Å². The molecule has 0 bridgehead atoms. The van der Waals surface area contributed by atoms with Crippen LogP contribution in [0.15, 0.2) is 125 Å². The summed E-state index contributed by atoms with van der Waals surface area (Å²) in [5.74, 6) is 1.09. The highest BCUT2D eigenvalue weighted by molar-refractivity contribution is 7.98. The third-order valence-electron chi connectivity index (χ3n) is 13.7. The number of fused-ring (bicyclic) bond motifs is 2. The highest BCUT2D eigenvalue weighted by Crippen LogP contribution is 2.47. The zero-order chi connectivity index (χ0) is 62.8. The van der Waals surface area contributed by atoms with Crippen molar-refractivity contribution in [1.29, 1.82) is 0 Å². The lowest BCUT2D eigenvalue weighted by Crippen LogP contribution is -2.22. The normalized spacial score (nSPS) is 12.3. The molecule has 26 nitrogen and oxygen atoms in total. The van der Waals surface area contributed by atoms with E-state index >= 15 is 0 Å². The fourth-order valence-electron chi connectivity index (χ4n) is 9.26. The van der Waals surface area contributed by atoms with E-state index in [0.717, 1.165) is 57.9 Å². The third kappa shape index (κ3) is 13.6. The predicted molar refractivity (Wildman–Crippen MR) is 344 cm³/mol. The Bertz CT molecular complexity index is 4470. The number of nitrogens with zero attached hydrogens (tertiary/aromatic N) is 13. The second kappa shape index (κ2) is 26.1. The number of hydrogen-bond donors (Lipinski definition) is 5. The minimum Gasteiger partial charge on any atom is -0.494 e. The van der Waals surface area contributed by atoms with Gasteiger partial charge in [-0.25, -0.2) is 0 Å². The average molecular weight is 1340 g/mol. The maximum Gasteiger partial charge on any atom is 0.294 e. The fourth-order valence-corrected chi connectivity index (χ4v) is 15.3.